The third kappa shape index (κ3) is 2.96. The summed E-state index contributed by atoms with van der Waals surface area (Å²) < 4.78 is 19.3. The Morgan fingerprint density at radius 3 is 2.85 bits per heavy atom. The first-order valence-electron chi connectivity index (χ1n) is 6.78. The van der Waals surface area contributed by atoms with Crippen LogP contribution in [0.4, 0.5) is 4.39 Å². The topological polar surface area (TPSA) is 34.1 Å². The maximum Gasteiger partial charge on any atom is 0.213 e. The fourth-order valence-electron chi connectivity index (χ4n) is 2.14. The minimum absolute atomic E-state index is 0.214. The molecule has 1 aromatic heterocycles. The highest BCUT2D eigenvalue weighted by molar-refractivity contribution is 5.65. The number of hydrogen-bond acceptors (Lipinski definition) is 3. The van der Waals surface area contributed by atoms with Crippen molar-refractivity contribution < 1.29 is 9.13 Å². The summed E-state index contributed by atoms with van der Waals surface area (Å²) in [4.78, 5) is 4.03. The van der Waals surface area contributed by atoms with Gasteiger partial charge in [-0.1, -0.05) is 12.1 Å². The minimum Gasteiger partial charge on any atom is -0.481 e. The van der Waals surface area contributed by atoms with Crippen molar-refractivity contribution in [1.29, 1.82) is 0 Å². The van der Waals surface area contributed by atoms with Crippen molar-refractivity contribution >= 4 is 0 Å². The Bertz CT molecular complexity index is 611. The molecule has 2 aromatic rings. The first kappa shape index (κ1) is 13.1. The van der Waals surface area contributed by atoms with Crippen molar-refractivity contribution in [3.05, 3.63) is 47.9 Å². The third-order valence-electron chi connectivity index (χ3n) is 3.46. The molecule has 20 heavy (non-hydrogen) atoms. The SMILES string of the molecule is COc1cc(-c2ccc(CNC3CC3)cc2F)ccn1. The average Bonchev–Trinajstić information content (AvgIpc) is 3.29. The molecule has 1 aliphatic carbocycles. The summed E-state index contributed by atoms with van der Waals surface area (Å²) >= 11 is 0. The largest absolute Gasteiger partial charge is 0.481 e. The molecule has 1 N–H and O–H groups in total. The molecule has 1 aliphatic rings. The van der Waals surface area contributed by atoms with Crippen molar-refractivity contribution in [1.82, 2.24) is 10.3 Å². The lowest BCUT2D eigenvalue weighted by Gasteiger charge is -2.08. The van der Waals surface area contributed by atoms with Gasteiger partial charge in [0.2, 0.25) is 5.88 Å². The highest BCUT2D eigenvalue weighted by atomic mass is 19.1. The van der Waals surface area contributed by atoms with Crippen LogP contribution in [0.3, 0.4) is 0 Å². The van der Waals surface area contributed by atoms with E-state index in [9.17, 15) is 4.39 Å². The highest BCUT2D eigenvalue weighted by Gasteiger charge is 2.20. The van der Waals surface area contributed by atoms with Gasteiger partial charge in [0.15, 0.2) is 0 Å². The quantitative estimate of drug-likeness (QED) is 0.908. The first-order valence-corrected chi connectivity index (χ1v) is 6.78. The summed E-state index contributed by atoms with van der Waals surface area (Å²) in [6.45, 7) is 0.724. The van der Waals surface area contributed by atoms with Gasteiger partial charge in [-0.25, -0.2) is 9.37 Å². The lowest BCUT2D eigenvalue weighted by molar-refractivity contribution is 0.398. The molecule has 3 nitrogen and oxygen atoms in total. The molecule has 3 rings (SSSR count). The highest BCUT2D eigenvalue weighted by Crippen LogP contribution is 2.26. The Labute approximate surface area is 117 Å². The summed E-state index contributed by atoms with van der Waals surface area (Å²) in [5, 5.41) is 3.38. The Balaban J connectivity index is 1.81. The summed E-state index contributed by atoms with van der Waals surface area (Å²) in [6.07, 6.45) is 4.09. The molecule has 0 bridgehead atoms. The average molecular weight is 272 g/mol. The van der Waals surface area contributed by atoms with E-state index in [1.807, 2.05) is 12.1 Å². The molecule has 0 amide bonds. The van der Waals surface area contributed by atoms with Crippen molar-refractivity contribution in [3.8, 4) is 17.0 Å². The Kier molecular flexibility index (Phi) is 3.65. The van der Waals surface area contributed by atoms with E-state index in [0.717, 1.165) is 17.7 Å². The van der Waals surface area contributed by atoms with Gasteiger partial charge in [0.25, 0.3) is 0 Å². The van der Waals surface area contributed by atoms with Crippen LogP contribution in [0.25, 0.3) is 11.1 Å². The molecule has 0 unspecified atom stereocenters. The summed E-state index contributed by atoms with van der Waals surface area (Å²) in [6, 6.07) is 9.51. The van der Waals surface area contributed by atoms with Gasteiger partial charge >= 0.3 is 0 Å². The number of benzene rings is 1. The number of halogens is 1. The molecule has 1 aromatic carbocycles. The molecule has 0 spiro atoms. The molecule has 1 saturated carbocycles. The van der Waals surface area contributed by atoms with Crippen molar-refractivity contribution in [2.24, 2.45) is 0 Å². The third-order valence-corrected chi connectivity index (χ3v) is 3.46. The molecule has 0 saturated heterocycles. The molecule has 4 heteroatoms. The molecule has 0 aliphatic heterocycles. The van der Waals surface area contributed by atoms with E-state index in [1.165, 1.54) is 12.8 Å². The van der Waals surface area contributed by atoms with Gasteiger partial charge in [0, 0.05) is 30.4 Å². The second-order valence-electron chi connectivity index (χ2n) is 5.06. The van der Waals surface area contributed by atoms with E-state index < -0.39 is 0 Å². The normalized spacial score (nSPS) is 14.3. The zero-order chi connectivity index (χ0) is 13.9. The van der Waals surface area contributed by atoms with E-state index in [2.05, 4.69) is 10.3 Å². The second-order valence-corrected chi connectivity index (χ2v) is 5.06. The molecule has 0 radical (unpaired) electrons. The summed E-state index contributed by atoms with van der Waals surface area (Å²) in [5.74, 6) is 0.273. The van der Waals surface area contributed by atoms with Gasteiger partial charge in [-0.3, -0.25) is 0 Å². The number of methoxy groups -OCH3 is 1. The van der Waals surface area contributed by atoms with Gasteiger partial charge in [0.1, 0.15) is 5.82 Å². The smallest absolute Gasteiger partial charge is 0.213 e. The van der Waals surface area contributed by atoms with Crippen LogP contribution in [0.2, 0.25) is 0 Å². The number of nitrogens with one attached hydrogen (secondary N) is 1. The lowest BCUT2D eigenvalue weighted by Crippen LogP contribution is -2.15. The van der Waals surface area contributed by atoms with Gasteiger partial charge in [-0.2, -0.15) is 0 Å². The number of nitrogens with zero attached hydrogens (tertiary/aromatic N) is 1. The van der Waals surface area contributed by atoms with Crippen LogP contribution in [0, 0.1) is 5.82 Å². The van der Waals surface area contributed by atoms with E-state index in [1.54, 1.807) is 31.5 Å². The van der Waals surface area contributed by atoms with Crippen LogP contribution in [-0.2, 0) is 6.54 Å². The number of hydrogen-bond donors (Lipinski definition) is 1. The van der Waals surface area contributed by atoms with Crippen LogP contribution >= 0.6 is 0 Å². The number of ether oxygens (including phenoxy) is 1. The van der Waals surface area contributed by atoms with Crippen molar-refractivity contribution in [2.45, 2.75) is 25.4 Å². The monoisotopic (exact) mass is 272 g/mol. The Morgan fingerprint density at radius 2 is 2.15 bits per heavy atom. The van der Waals surface area contributed by atoms with Crippen molar-refractivity contribution in [2.75, 3.05) is 7.11 Å². The predicted molar refractivity (Wildman–Crippen MR) is 76.0 cm³/mol. The standard InChI is InChI=1S/C16H17FN2O/c1-20-16-9-12(6-7-18-16)14-5-2-11(8-15(14)17)10-19-13-3-4-13/h2,5-9,13,19H,3-4,10H2,1H3. The van der Waals surface area contributed by atoms with Crippen LogP contribution in [0.5, 0.6) is 5.88 Å². The van der Waals surface area contributed by atoms with Gasteiger partial charge in [-0.05, 0) is 36.1 Å². The second kappa shape index (κ2) is 5.59. The van der Waals surface area contributed by atoms with Gasteiger partial charge < -0.3 is 10.1 Å². The van der Waals surface area contributed by atoms with E-state index >= 15 is 0 Å². The van der Waals surface area contributed by atoms with Crippen LogP contribution in [0.15, 0.2) is 36.5 Å². The summed E-state index contributed by atoms with van der Waals surface area (Å²) in [7, 11) is 1.55. The summed E-state index contributed by atoms with van der Waals surface area (Å²) in [5.41, 5.74) is 2.32. The molecular formula is C16H17FN2O. The van der Waals surface area contributed by atoms with Gasteiger partial charge in [-0.15, -0.1) is 0 Å². The van der Waals surface area contributed by atoms with Crippen LogP contribution in [-0.4, -0.2) is 18.1 Å². The zero-order valence-electron chi connectivity index (χ0n) is 11.4. The van der Waals surface area contributed by atoms with E-state index in [-0.39, 0.29) is 5.82 Å². The molecule has 1 fully saturated rings. The molecule has 0 atom stereocenters. The predicted octanol–water partition coefficient (Wildman–Crippen LogP) is 3.15. The fourth-order valence-corrected chi connectivity index (χ4v) is 2.14. The first-order chi connectivity index (χ1) is 9.76. The van der Waals surface area contributed by atoms with Crippen LogP contribution < -0.4 is 10.1 Å². The Morgan fingerprint density at radius 1 is 1.30 bits per heavy atom. The van der Waals surface area contributed by atoms with E-state index in [4.69, 9.17) is 4.74 Å². The van der Waals surface area contributed by atoms with Crippen LogP contribution in [0.1, 0.15) is 18.4 Å². The van der Waals surface area contributed by atoms with Crippen molar-refractivity contribution in [3.63, 3.8) is 0 Å². The Hall–Kier alpha value is -1.94. The van der Waals surface area contributed by atoms with E-state index in [0.29, 0.717) is 17.5 Å². The molecule has 104 valence electrons. The molecular weight excluding hydrogens is 255 g/mol. The minimum atomic E-state index is -0.214. The maximum atomic E-state index is 14.2. The fraction of sp³-hybridized carbons (Fsp3) is 0.312. The molecule has 1 heterocycles. The number of aromatic nitrogens is 1. The zero-order valence-corrected chi connectivity index (χ0v) is 11.4. The maximum absolute atomic E-state index is 14.2. The van der Waals surface area contributed by atoms with Gasteiger partial charge in [0.05, 0.1) is 7.11 Å². The lowest BCUT2D eigenvalue weighted by atomic mass is 10.0. The number of rotatable bonds is 5. The number of pyridine rings is 1.